The first kappa shape index (κ1) is 13.9. The minimum Gasteiger partial charge on any atom is -0.464 e. The van der Waals surface area contributed by atoms with Crippen LogP contribution in [0.25, 0.3) is 0 Å². The van der Waals surface area contributed by atoms with Crippen molar-refractivity contribution in [3.05, 3.63) is 0 Å². The Morgan fingerprint density at radius 2 is 1.56 bits per heavy atom. The van der Waals surface area contributed by atoms with Crippen LogP contribution in [0.2, 0.25) is 0 Å². The van der Waals surface area contributed by atoms with Crippen molar-refractivity contribution in [1.82, 2.24) is 0 Å². The summed E-state index contributed by atoms with van der Waals surface area (Å²) in [5.41, 5.74) is -1.20. The van der Waals surface area contributed by atoms with Crippen LogP contribution in [0.3, 0.4) is 0 Å². The molecular weight excluding hydrogens is 228 g/mol. The Hall–Kier alpha value is -0.570. The maximum atomic E-state index is 12.1. The average molecular weight is 254 g/mol. The molecule has 2 fully saturated rings. The largest absolute Gasteiger partial charge is 0.464 e. The van der Waals surface area contributed by atoms with Crippen LogP contribution >= 0.6 is 0 Å². The molecule has 1 unspecified atom stereocenters. The van der Waals surface area contributed by atoms with Crippen LogP contribution in [0.5, 0.6) is 0 Å². The van der Waals surface area contributed by atoms with E-state index in [-0.39, 0.29) is 11.9 Å². The van der Waals surface area contributed by atoms with E-state index in [1.165, 1.54) is 19.3 Å². The highest BCUT2D eigenvalue weighted by molar-refractivity contribution is 5.79. The van der Waals surface area contributed by atoms with Crippen LogP contribution in [-0.4, -0.2) is 23.3 Å². The fourth-order valence-electron chi connectivity index (χ4n) is 3.37. The lowest BCUT2D eigenvalue weighted by Gasteiger charge is -2.36. The minimum absolute atomic E-state index is 0.114. The van der Waals surface area contributed by atoms with Gasteiger partial charge in [0.25, 0.3) is 0 Å². The molecule has 1 heterocycles. The molecule has 0 spiro atoms. The zero-order valence-corrected chi connectivity index (χ0v) is 11.3. The van der Waals surface area contributed by atoms with Gasteiger partial charge in [-0.05, 0) is 44.4 Å². The van der Waals surface area contributed by atoms with Crippen molar-refractivity contribution >= 4 is 5.97 Å². The van der Waals surface area contributed by atoms with E-state index in [2.05, 4.69) is 0 Å². The second-order valence-electron chi connectivity index (χ2n) is 5.91. The summed E-state index contributed by atoms with van der Waals surface area (Å²) in [6.45, 7) is 0.480. The van der Waals surface area contributed by atoms with Gasteiger partial charge in [0, 0.05) is 0 Å². The van der Waals surface area contributed by atoms with Crippen LogP contribution in [0.1, 0.15) is 70.6 Å². The Balaban J connectivity index is 2.06. The number of hydrogen-bond acceptors (Lipinski definition) is 3. The molecule has 0 radical (unpaired) electrons. The molecule has 3 heteroatoms. The molecule has 0 amide bonds. The van der Waals surface area contributed by atoms with Crippen molar-refractivity contribution in [3.8, 4) is 0 Å². The first-order valence-corrected chi connectivity index (χ1v) is 7.63. The lowest BCUT2D eigenvalue weighted by molar-refractivity contribution is -0.176. The second kappa shape index (κ2) is 6.55. The SMILES string of the molecule is O=C1OCCCCCC1(O)C1CCCCCCC1. The van der Waals surface area contributed by atoms with Gasteiger partial charge in [-0.3, -0.25) is 0 Å². The molecule has 2 rings (SSSR count). The third-order valence-electron chi connectivity index (χ3n) is 4.57. The van der Waals surface area contributed by atoms with Crippen LogP contribution in [0.15, 0.2) is 0 Å². The monoisotopic (exact) mass is 254 g/mol. The molecule has 104 valence electrons. The quantitative estimate of drug-likeness (QED) is 0.731. The van der Waals surface area contributed by atoms with Gasteiger partial charge in [0.15, 0.2) is 5.60 Å². The number of carbonyl (C=O) groups excluding carboxylic acids is 1. The standard InChI is InChI=1S/C15H26O3/c16-14-15(17,11-7-4-8-12-18-14)13-9-5-2-1-3-6-10-13/h13,17H,1-12H2. The summed E-state index contributed by atoms with van der Waals surface area (Å²) in [4.78, 5) is 12.1. The molecule has 2 aliphatic rings. The Labute approximate surface area is 110 Å². The lowest BCUT2D eigenvalue weighted by Crippen LogP contribution is -2.48. The van der Waals surface area contributed by atoms with Gasteiger partial charge in [0.05, 0.1) is 6.61 Å². The van der Waals surface area contributed by atoms with Gasteiger partial charge < -0.3 is 9.84 Å². The van der Waals surface area contributed by atoms with Crippen molar-refractivity contribution in [2.24, 2.45) is 5.92 Å². The molecule has 1 aliphatic heterocycles. The highest BCUT2D eigenvalue weighted by Gasteiger charge is 2.44. The minimum atomic E-state index is -1.20. The number of esters is 1. The van der Waals surface area contributed by atoms with E-state index in [0.29, 0.717) is 13.0 Å². The Bertz CT molecular complexity index is 269. The molecule has 0 aromatic rings. The van der Waals surface area contributed by atoms with E-state index >= 15 is 0 Å². The number of ether oxygens (including phenoxy) is 1. The molecular formula is C15H26O3. The van der Waals surface area contributed by atoms with E-state index in [4.69, 9.17) is 4.74 Å². The van der Waals surface area contributed by atoms with Crippen molar-refractivity contribution in [1.29, 1.82) is 0 Å². The van der Waals surface area contributed by atoms with Crippen molar-refractivity contribution < 1.29 is 14.6 Å². The molecule has 0 bridgehead atoms. The maximum absolute atomic E-state index is 12.1. The van der Waals surface area contributed by atoms with E-state index in [1.807, 2.05) is 0 Å². The molecule has 1 saturated heterocycles. The fraction of sp³-hybridized carbons (Fsp3) is 0.933. The van der Waals surface area contributed by atoms with Crippen LogP contribution < -0.4 is 0 Å². The van der Waals surface area contributed by atoms with E-state index in [0.717, 1.165) is 44.9 Å². The van der Waals surface area contributed by atoms with Gasteiger partial charge in [-0.25, -0.2) is 4.79 Å². The number of aliphatic hydroxyl groups is 1. The molecule has 18 heavy (non-hydrogen) atoms. The van der Waals surface area contributed by atoms with Gasteiger partial charge in [-0.2, -0.15) is 0 Å². The molecule has 0 aromatic carbocycles. The molecule has 1 aliphatic carbocycles. The van der Waals surface area contributed by atoms with E-state index in [9.17, 15) is 9.90 Å². The zero-order valence-electron chi connectivity index (χ0n) is 11.3. The first-order valence-electron chi connectivity index (χ1n) is 7.63. The third kappa shape index (κ3) is 3.25. The molecule has 0 aromatic heterocycles. The second-order valence-corrected chi connectivity index (χ2v) is 5.91. The summed E-state index contributed by atoms with van der Waals surface area (Å²) in [6, 6.07) is 0. The number of cyclic esters (lactones) is 1. The molecule has 1 N–H and O–H groups in total. The van der Waals surface area contributed by atoms with Gasteiger partial charge in [0.2, 0.25) is 0 Å². The Morgan fingerprint density at radius 3 is 2.28 bits per heavy atom. The van der Waals surface area contributed by atoms with Gasteiger partial charge in [-0.1, -0.05) is 32.1 Å². The van der Waals surface area contributed by atoms with Crippen LogP contribution in [0.4, 0.5) is 0 Å². The van der Waals surface area contributed by atoms with Gasteiger partial charge in [0.1, 0.15) is 0 Å². The van der Waals surface area contributed by atoms with E-state index in [1.54, 1.807) is 0 Å². The molecule has 1 saturated carbocycles. The Kier molecular flexibility index (Phi) is 5.04. The van der Waals surface area contributed by atoms with Crippen LogP contribution in [0, 0.1) is 5.92 Å². The summed E-state index contributed by atoms with van der Waals surface area (Å²) in [6.07, 6.45) is 11.5. The van der Waals surface area contributed by atoms with E-state index < -0.39 is 5.60 Å². The van der Waals surface area contributed by atoms with Gasteiger partial charge >= 0.3 is 5.97 Å². The number of carbonyl (C=O) groups is 1. The zero-order chi connectivity index (χ0) is 12.8. The molecule has 1 atom stereocenters. The maximum Gasteiger partial charge on any atom is 0.338 e. The smallest absolute Gasteiger partial charge is 0.338 e. The fourth-order valence-corrected chi connectivity index (χ4v) is 3.37. The summed E-state index contributed by atoms with van der Waals surface area (Å²) in [5.74, 6) is -0.240. The summed E-state index contributed by atoms with van der Waals surface area (Å²) in [5, 5.41) is 10.8. The van der Waals surface area contributed by atoms with Gasteiger partial charge in [-0.15, -0.1) is 0 Å². The number of rotatable bonds is 1. The third-order valence-corrected chi connectivity index (χ3v) is 4.57. The summed E-state index contributed by atoms with van der Waals surface area (Å²) < 4.78 is 5.23. The van der Waals surface area contributed by atoms with Crippen molar-refractivity contribution in [2.75, 3.05) is 6.61 Å². The van der Waals surface area contributed by atoms with Crippen molar-refractivity contribution in [3.63, 3.8) is 0 Å². The predicted octanol–water partition coefficient (Wildman–Crippen LogP) is 3.20. The highest BCUT2D eigenvalue weighted by atomic mass is 16.5. The molecule has 3 nitrogen and oxygen atoms in total. The highest BCUT2D eigenvalue weighted by Crippen LogP contribution is 2.36. The average Bonchev–Trinajstić information content (AvgIpc) is 2.30. The first-order chi connectivity index (χ1) is 8.73. The lowest BCUT2D eigenvalue weighted by atomic mass is 9.75. The topological polar surface area (TPSA) is 46.5 Å². The van der Waals surface area contributed by atoms with Crippen LogP contribution in [-0.2, 0) is 9.53 Å². The Morgan fingerprint density at radius 1 is 0.944 bits per heavy atom. The number of hydrogen-bond donors (Lipinski definition) is 1. The predicted molar refractivity (Wildman–Crippen MR) is 70.2 cm³/mol. The summed E-state index contributed by atoms with van der Waals surface area (Å²) >= 11 is 0. The summed E-state index contributed by atoms with van der Waals surface area (Å²) in [7, 11) is 0. The normalized spacial score (nSPS) is 32.8. The van der Waals surface area contributed by atoms with Crippen molar-refractivity contribution in [2.45, 2.75) is 76.2 Å².